The molecule has 0 aliphatic rings. The molecule has 0 saturated heterocycles. The van der Waals surface area contributed by atoms with Gasteiger partial charge in [-0.1, -0.05) is 19.1 Å². The lowest BCUT2D eigenvalue weighted by atomic mass is 10.1. The summed E-state index contributed by atoms with van der Waals surface area (Å²) in [7, 11) is 1.71. The van der Waals surface area contributed by atoms with Gasteiger partial charge in [0.1, 0.15) is 11.6 Å². The molecule has 4 heteroatoms. The number of hydrogen-bond donors (Lipinski definition) is 1. The molecule has 0 fully saturated rings. The maximum absolute atomic E-state index is 5.62. The Kier molecular flexibility index (Phi) is 4.22. The van der Waals surface area contributed by atoms with Crippen LogP contribution in [0.3, 0.4) is 0 Å². The fraction of sp³-hybridized carbons (Fsp3) is 0.400. The quantitative estimate of drug-likeness (QED) is 0.896. The molecule has 102 valence electrons. The second-order valence-corrected chi connectivity index (χ2v) is 4.61. The summed E-state index contributed by atoms with van der Waals surface area (Å²) in [6.07, 6.45) is 2.99. The van der Waals surface area contributed by atoms with E-state index in [0.717, 1.165) is 30.2 Å². The lowest BCUT2D eigenvalue weighted by Crippen LogP contribution is -2.02. The van der Waals surface area contributed by atoms with Crippen LogP contribution in [0.15, 0.2) is 24.4 Å². The van der Waals surface area contributed by atoms with Crippen molar-refractivity contribution < 1.29 is 4.74 Å². The van der Waals surface area contributed by atoms with Crippen LogP contribution in [0, 0.1) is 6.92 Å². The second-order valence-electron chi connectivity index (χ2n) is 4.61. The summed E-state index contributed by atoms with van der Waals surface area (Å²) in [5.41, 5.74) is 9.03. The molecule has 0 radical (unpaired) electrons. The number of aromatic nitrogens is 2. The van der Waals surface area contributed by atoms with Crippen molar-refractivity contribution in [3.05, 3.63) is 47.0 Å². The van der Waals surface area contributed by atoms with Crippen molar-refractivity contribution in [2.45, 2.75) is 33.4 Å². The molecule has 2 aromatic rings. The molecule has 1 aromatic carbocycles. The van der Waals surface area contributed by atoms with Gasteiger partial charge in [0.2, 0.25) is 0 Å². The first-order valence-electron chi connectivity index (χ1n) is 6.56. The fourth-order valence-corrected chi connectivity index (χ4v) is 2.24. The van der Waals surface area contributed by atoms with Crippen molar-refractivity contribution in [2.24, 2.45) is 5.73 Å². The first-order valence-corrected chi connectivity index (χ1v) is 6.56. The van der Waals surface area contributed by atoms with E-state index in [9.17, 15) is 0 Å². The van der Waals surface area contributed by atoms with E-state index >= 15 is 0 Å². The van der Waals surface area contributed by atoms with E-state index in [1.165, 1.54) is 11.1 Å². The Balaban J connectivity index is 2.25. The van der Waals surface area contributed by atoms with Gasteiger partial charge in [0.25, 0.3) is 0 Å². The van der Waals surface area contributed by atoms with Crippen LogP contribution in [0.5, 0.6) is 5.75 Å². The molecular formula is C15H21N3O. The van der Waals surface area contributed by atoms with Crippen molar-refractivity contribution in [1.82, 2.24) is 9.55 Å². The normalized spacial score (nSPS) is 10.7. The summed E-state index contributed by atoms with van der Waals surface area (Å²) in [4.78, 5) is 4.41. The molecule has 19 heavy (non-hydrogen) atoms. The van der Waals surface area contributed by atoms with Crippen molar-refractivity contribution >= 4 is 0 Å². The van der Waals surface area contributed by atoms with Crippen LogP contribution in [-0.2, 0) is 19.5 Å². The van der Waals surface area contributed by atoms with E-state index in [2.05, 4.69) is 28.6 Å². The lowest BCUT2D eigenvalue weighted by Gasteiger charge is -2.10. The molecule has 0 bridgehead atoms. The highest BCUT2D eigenvalue weighted by Crippen LogP contribution is 2.21. The number of nitrogens with zero attached hydrogens (tertiary/aromatic N) is 2. The molecule has 0 aliphatic carbocycles. The van der Waals surface area contributed by atoms with Gasteiger partial charge in [-0.15, -0.1) is 0 Å². The Hall–Kier alpha value is -1.81. The Morgan fingerprint density at radius 1 is 1.37 bits per heavy atom. The lowest BCUT2D eigenvalue weighted by molar-refractivity contribution is 0.410. The van der Waals surface area contributed by atoms with Crippen molar-refractivity contribution in [1.29, 1.82) is 0 Å². The molecule has 1 aromatic heterocycles. The van der Waals surface area contributed by atoms with E-state index < -0.39 is 0 Å². The highest BCUT2D eigenvalue weighted by molar-refractivity contribution is 5.37. The van der Waals surface area contributed by atoms with Gasteiger partial charge in [0.15, 0.2) is 0 Å². The van der Waals surface area contributed by atoms with Gasteiger partial charge >= 0.3 is 0 Å². The Morgan fingerprint density at radius 3 is 2.74 bits per heavy atom. The summed E-state index contributed by atoms with van der Waals surface area (Å²) >= 11 is 0. The van der Waals surface area contributed by atoms with Gasteiger partial charge in [-0.05, 0) is 30.5 Å². The van der Waals surface area contributed by atoms with Crippen LogP contribution in [-0.4, -0.2) is 16.7 Å². The van der Waals surface area contributed by atoms with Crippen molar-refractivity contribution in [3.8, 4) is 5.75 Å². The van der Waals surface area contributed by atoms with Gasteiger partial charge < -0.3 is 15.0 Å². The number of methoxy groups -OCH3 is 1. The zero-order valence-electron chi connectivity index (χ0n) is 11.8. The van der Waals surface area contributed by atoms with Crippen LogP contribution < -0.4 is 10.5 Å². The molecule has 0 amide bonds. The van der Waals surface area contributed by atoms with Crippen molar-refractivity contribution in [2.75, 3.05) is 7.11 Å². The Labute approximate surface area is 114 Å². The highest BCUT2D eigenvalue weighted by Gasteiger charge is 2.06. The Bertz CT molecular complexity index is 561. The third kappa shape index (κ3) is 2.96. The zero-order chi connectivity index (χ0) is 13.8. The minimum Gasteiger partial charge on any atom is -0.496 e. The maximum Gasteiger partial charge on any atom is 0.122 e. The molecule has 0 aliphatic heterocycles. The summed E-state index contributed by atoms with van der Waals surface area (Å²) < 4.78 is 7.48. The van der Waals surface area contributed by atoms with Crippen LogP contribution in [0.4, 0.5) is 0 Å². The Morgan fingerprint density at radius 2 is 2.16 bits per heavy atom. The molecule has 0 spiro atoms. The molecule has 0 saturated carbocycles. The largest absolute Gasteiger partial charge is 0.496 e. The molecule has 1 heterocycles. The number of hydrogen-bond acceptors (Lipinski definition) is 3. The van der Waals surface area contributed by atoms with Gasteiger partial charge in [-0.3, -0.25) is 0 Å². The third-order valence-corrected chi connectivity index (χ3v) is 3.31. The summed E-state index contributed by atoms with van der Waals surface area (Å²) in [5, 5.41) is 0. The average molecular weight is 259 g/mol. The smallest absolute Gasteiger partial charge is 0.122 e. The van der Waals surface area contributed by atoms with Crippen LogP contribution in [0.1, 0.15) is 29.6 Å². The molecule has 2 rings (SSSR count). The van der Waals surface area contributed by atoms with Crippen LogP contribution in [0.25, 0.3) is 0 Å². The summed E-state index contributed by atoms with van der Waals surface area (Å²) in [5.74, 6) is 1.95. The summed E-state index contributed by atoms with van der Waals surface area (Å²) in [6.45, 7) is 5.44. The standard InChI is InChI=1S/C15H21N3O/c1-4-13-7-12(5-6-15(13)19-3)9-18-10-14(8-16)17-11(18)2/h5-7,10H,4,8-9,16H2,1-3H3. The number of aryl methyl sites for hydroxylation is 2. The van der Waals surface area contributed by atoms with E-state index in [1.807, 2.05) is 19.2 Å². The number of rotatable bonds is 5. The topological polar surface area (TPSA) is 53.1 Å². The van der Waals surface area contributed by atoms with Gasteiger partial charge in [0, 0.05) is 19.3 Å². The molecule has 0 unspecified atom stereocenters. The molecule has 2 N–H and O–H groups in total. The molecular weight excluding hydrogens is 238 g/mol. The monoisotopic (exact) mass is 259 g/mol. The zero-order valence-corrected chi connectivity index (χ0v) is 11.8. The predicted octanol–water partition coefficient (Wildman–Crippen LogP) is 2.27. The van der Waals surface area contributed by atoms with Gasteiger partial charge in [0.05, 0.1) is 12.8 Å². The highest BCUT2D eigenvalue weighted by atomic mass is 16.5. The van der Waals surface area contributed by atoms with Crippen molar-refractivity contribution in [3.63, 3.8) is 0 Å². The van der Waals surface area contributed by atoms with E-state index in [1.54, 1.807) is 7.11 Å². The van der Waals surface area contributed by atoms with Gasteiger partial charge in [-0.2, -0.15) is 0 Å². The molecule has 0 atom stereocenters. The average Bonchev–Trinajstić information content (AvgIpc) is 2.79. The number of benzene rings is 1. The second kappa shape index (κ2) is 5.89. The third-order valence-electron chi connectivity index (χ3n) is 3.31. The fourth-order valence-electron chi connectivity index (χ4n) is 2.24. The minimum absolute atomic E-state index is 0.483. The van der Waals surface area contributed by atoms with E-state index in [-0.39, 0.29) is 0 Å². The number of imidazole rings is 1. The summed E-state index contributed by atoms with van der Waals surface area (Å²) in [6, 6.07) is 6.32. The van der Waals surface area contributed by atoms with Gasteiger partial charge in [-0.25, -0.2) is 4.98 Å². The van der Waals surface area contributed by atoms with E-state index in [4.69, 9.17) is 10.5 Å². The molecule has 4 nitrogen and oxygen atoms in total. The van der Waals surface area contributed by atoms with Crippen LogP contribution in [0.2, 0.25) is 0 Å². The first kappa shape index (κ1) is 13.6. The number of nitrogens with two attached hydrogens (primary N) is 1. The number of ether oxygens (including phenoxy) is 1. The SMILES string of the molecule is CCc1cc(Cn2cc(CN)nc2C)ccc1OC. The van der Waals surface area contributed by atoms with Crippen LogP contribution >= 0.6 is 0 Å². The van der Waals surface area contributed by atoms with E-state index in [0.29, 0.717) is 6.54 Å². The first-order chi connectivity index (χ1) is 9.17. The predicted molar refractivity (Wildman–Crippen MR) is 76.3 cm³/mol. The maximum atomic E-state index is 5.62. The minimum atomic E-state index is 0.483.